The number of hydrogen-bond acceptors (Lipinski definition) is 6. The van der Waals surface area contributed by atoms with Crippen molar-refractivity contribution in [2.75, 3.05) is 24.7 Å². The van der Waals surface area contributed by atoms with Crippen LogP contribution in [0.2, 0.25) is 0 Å². The van der Waals surface area contributed by atoms with Crippen LogP contribution < -0.4 is 25.7 Å². The van der Waals surface area contributed by atoms with E-state index in [2.05, 4.69) is 5.10 Å². The van der Waals surface area contributed by atoms with E-state index in [0.717, 1.165) is 10.2 Å². The van der Waals surface area contributed by atoms with Crippen LogP contribution in [-0.2, 0) is 11.3 Å². The molecule has 5 rings (SSSR count). The molecule has 0 bridgehead atoms. The molecule has 0 spiro atoms. The second kappa shape index (κ2) is 10.4. The highest BCUT2D eigenvalue weighted by atomic mass is 16.6. The van der Waals surface area contributed by atoms with Crippen LogP contribution in [0.25, 0.3) is 16.8 Å². The lowest BCUT2D eigenvalue weighted by Gasteiger charge is -2.25. The summed E-state index contributed by atoms with van der Waals surface area (Å²) in [4.78, 5) is 40.3. The number of amides is 2. The van der Waals surface area contributed by atoms with Crippen LogP contribution in [0.3, 0.4) is 0 Å². The van der Waals surface area contributed by atoms with Gasteiger partial charge in [-0.2, -0.15) is 5.10 Å². The quantitative estimate of drug-likeness (QED) is 0.420. The number of nitrogens with zero attached hydrogens (tertiary/aromatic N) is 3. The maximum Gasteiger partial charge on any atom is 0.275 e. The van der Waals surface area contributed by atoms with Gasteiger partial charge in [0.1, 0.15) is 19.8 Å². The van der Waals surface area contributed by atoms with Gasteiger partial charge in [0, 0.05) is 23.7 Å². The molecular weight excluding hydrogens is 472 g/mol. The first-order valence-corrected chi connectivity index (χ1v) is 11.7. The van der Waals surface area contributed by atoms with Gasteiger partial charge in [0.15, 0.2) is 17.2 Å². The number of rotatable bonds is 7. The summed E-state index contributed by atoms with van der Waals surface area (Å²) in [7, 11) is 0. The number of fused-ring (bicyclic) bond motifs is 2. The third-order valence-electron chi connectivity index (χ3n) is 5.92. The van der Waals surface area contributed by atoms with Gasteiger partial charge in [-0.25, -0.2) is 4.68 Å². The average molecular weight is 497 g/mol. The second-order valence-electron chi connectivity index (χ2n) is 8.37. The lowest BCUT2D eigenvalue weighted by molar-refractivity contribution is -0.119. The Morgan fingerprint density at radius 2 is 1.65 bits per heavy atom. The number of carbonyl (C=O) groups excluding carboxylic acids is 2. The Morgan fingerprint density at radius 3 is 2.41 bits per heavy atom. The number of nitrogens with two attached hydrogens (primary N) is 1. The van der Waals surface area contributed by atoms with E-state index in [1.807, 2.05) is 42.5 Å². The van der Waals surface area contributed by atoms with Crippen LogP contribution in [0.4, 0.5) is 5.69 Å². The monoisotopic (exact) mass is 496 g/mol. The van der Waals surface area contributed by atoms with Crippen molar-refractivity contribution in [2.45, 2.75) is 6.54 Å². The molecule has 0 radical (unpaired) electrons. The van der Waals surface area contributed by atoms with Crippen molar-refractivity contribution in [1.29, 1.82) is 0 Å². The molecule has 2 heterocycles. The summed E-state index contributed by atoms with van der Waals surface area (Å²) in [5, 5.41) is 4.74. The van der Waals surface area contributed by atoms with Crippen molar-refractivity contribution in [3.8, 4) is 11.5 Å². The van der Waals surface area contributed by atoms with Gasteiger partial charge in [-0.1, -0.05) is 60.7 Å². The van der Waals surface area contributed by atoms with Gasteiger partial charge in [0.2, 0.25) is 5.91 Å². The summed E-state index contributed by atoms with van der Waals surface area (Å²) < 4.78 is 12.3. The number of ether oxygens (including phenoxy) is 2. The van der Waals surface area contributed by atoms with Gasteiger partial charge in [-0.3, -0.25) is 14.4 Å². The summed E-state index contributed by atoms with van der Waals surface area (Å²) in [6, 6.07) is 21.5. The molecule has 2 amide bonds. The van der Waals surface area contributed by atoms with E-state index >= 15 is 0 Å². The minimum absolute atomic E-state index is 0.0714. The smallest absolute Gasteiger partial charge is 0.275 e. The molecule has 186 valence electrons. The van der Waals surface area contributed by atoms with Crippen LogP contribution in [0.1, 0.15) is 16.1 Å². The fourth-order valence-corrected chi connectivity index (χ4v) is 4.15. The minimum Gasteiger partial charge on any atom is -0.486 e. The molecule has 9 nitrogen and oxygen atoms in total. The van der Waals surface area contributed by atoms with Gasteiger partial charge in [0.25, 0.3) is 11.5 Å². The Hall–Kier alpha value is -4.92. The molecule has 1 aliphatic rings. The van der Waals surface area contributed by atoms with Crippen molar-refractivity contribution in [3.05, 3.63) is 100 Å². The van der Waals surface area contributed by atoms with Crippen LogP contribution in [0.15, 0.2) is 83.7 Å². The molecule has 0 unspecified atom stereocenters. The Morgan fingerprint density at radius 1 is 0.946 bits per heavy atom. The number of aromatic nitrogens is 2. The summed E-state index contributed by atoms with van der Waals surface area (Å²) >= 11 is 0. The van der Waals surface area contributed by atoms with Crippen LogP contribution in [0, 0.1) is 0 Å². The number of carbonyl (C=O) groups is 2. The van der Waals surface area contributed by atoms with E-state index in [-0.39, 0.29) is 17.6 Å². The van der Waals surface area contributed by atoms with Crippen molar-refractivity contribution in [1.82, 2.24) is 9.78 Å². The Bertz CT molecular complexity index is 1560. The normalized spacial score (nSPS) is 12.5. The highest BCUT2D eigenvalue weighted by Gasteiger charge is 2.22. The van der Waals surface area contributed by atoms with E-state index in [9.17, 15) is 14.4 Å². The van der Waals surface area contributed by atoms with Crippen LogP contribution >= 0.6 is 0 Å². The predicted molar refractivity (Wildman–Crippen MR) is 140 cm³/mol. The minimum atomic E-state index is -0.785. The number of primary amides is 1. The zero-order valence-electron chi connectivity index (χ0n) is 19.9. The SMILES string of the molecule is NC(=O)c1nn(CC(=O)N(CC=Cc2ccccc2)c2ccc3c(c2)OCCO3)c(=O)c2ccccc12. The Balaban J connectivity index is 1.50. The van der Waals surface area contributed by atoms with Gasteiger partial charge in [0.05, 0.1) is 5.39 Å². The topological polar surface area (TPSA) is 117 Å². The van der Waals surface area contributed by atoms with Crippen molar-refractivity contribution < 1.29 is 19.1 Å². The molecule has 0 saturated heterocycles. The Kier molecular flexibility index (Phi) is 6.67. The molecule has 4 aromatic rings. The summed E-state index contributed by atoms with van der Waals surface area (Å²) in [6.45, 7) is 0.689. The number of hydrogen-bond donors (Lipinski definition) is 1. The molecule has 1 aromatic heterocycles. The van der Waals surface area contributed by atoms with Crippen molar-refractivity contribution >= 4 is 34.4 Å². The van der Waals surface area contributed by atoms with Crippen LogP contribution in [0.5, 0.6) is 11.5 Å². The van der Waals surface area contributed by atoms with E-state index in [1.54, 1.807) is 42.5 Å². The number of anilines is 1. The highest BCUT2D eigenvalue weighted by molar-refractivity contribution is 6.04. The highest BCUT2D eigenvalue weighted by Crippen LogP contribution is 2.34. The van der Waals surface area contributed by atoms with Gasteiger partial charge >= 0.3 is 0 Å². The molecule has 9 heteroatoms. The molecule has 0 saturated carbocycles. The standard InChI is InChI=1S/C28H24N4O5/c29-27(34)26-21-10-4-5-11-22(21)28(35)32(30-26)18-25(33)31(14-6-9-19-7-2-1-3-8-19)20-12-13-23-24(17-20)37-16-15-36-23/h1-13,17H,14-16,18H2,(H2,29,34). The lowest BCUT2D eigenvalue weighted by Crippen LogP contribution is -2.38. The molecule has 3 aromatic carbocycles. The zero-order valence-corrected chi connectivity index (χ0v) is 19.9. The fourth-order valence-electron chi connectivity index (χ4n) is 4.15. The van der Waals surface area contributed by atoms with Gasteiger partial charge in [-0.05, 0) is 23.8 Å². The molecule has 2 N–H and O–H groups in total. The summed E-state index contributed by atoms with van der Waals surface area (Å²) in [5.74, 6) is -0.0621. The van der Waals surface area contributed by atoms with E-state index < -0.39 is 23.9 Å². The molecular formula is C28H24N4O5. The molecule has 0 aliphatic carbocycles. The Labute approximate surface area is 212 Å². The molecule has 1 aliphatic heterocycles. The summed E-state index contributed by atoms with van der Waals surface area (Å²) in [5.41, 5.74) is 6.51. The van der Waals surface area contributed by atoms with E-state index in [0.29, 0.717) is 35.8 Å². The number of benzene rings is 3. The maximum atomic E-state index is 13.6. The first-order chi connectivity index (χ1) is 18.0. The van der Waals surface area contributed by atoms with Crippen LogP contribution in [-0.4, -0.2) is 41.4 Å². The van der Waals surface area contributed by atoms with Gasteiger partial charge in [-0.15, -0.1) is 0 Å². The van der Waals surface area contributed by atoms with E-state index in [4.69, 9.17) is 15.2 Å². The first-order valence-electron chi connectivity index (χ1n) is 11.7. The first kappa shape index (κ1) is 23.8. The van der Waals surface area contributed by atoms with Crippen molar-refractivity contribution in [2.24, 2.45) is 5.73 Å². The molecule has 0 atom stereocenters. The van der Waals surface area contributed by atoms with Gasteiger partial charge < -0.3 is 20.1 Å². The third-order valence-corrected chi connectivity index (χ3v) is 5.92. The average Bonchev–Trinajstić information content (AvgIpc) is 2.93. The largest absolute Gasteiger partial charge is 0.486 e. The molecule has 37 heavy (non-hydrogen) atoms. The fraction of sp³-hybridized carbons (Fsp3) is 0.143. The summed E-state index contributed by atoms with van der Waals surface area (Å²) in [6.07, 6.45) is 3.76. The maximum absolute atomic E-state index is 13.6. The van der Waals surface area contributed by atoms with E-state index in [1.165, 1.54) is 4.90 Å². The lowest BCUT2D eigenvalue weighted by atomic mass is 10.1. The third kappa shape index (κ3) is 5.06. The van der Waals surface area contributed by atoms with Crippen molar-refractivity contribution in [3.63, 3.8) is 0 Å². The molecule has 0 fully saturated rings. The second-order valence-corrected chi connectivity index (χ2v) is 8.37. The zero-order chi connectivity index (χ0) is 25.8. The predicted octanol–water partition coefficient (Wildman–Crippen LogP) is 3.01.